The predicted octanol–water partition coefficient (Wildman–Crippen LogP) is 1.62. The molecule has 1 aromatic heterocycles. The van der Waals surface area contributed by atoms with Gasteiger partial charge in [-0.15, -0.1) is 0 Å². The zero-order chi connectivity index (χ0) is 20.0. The van der Waals surface area contributed by atoms with Crippen LogP contribution in [-0.2, 0) is 9.53 Å². The lowest BCUT2D eigenvalue weighted by molar-refractivity contribution is -0.121. The molecule has 1 fully saturated rings. The quantitative estimate of drug-likeness (QED) is 0.802. The van der Waals surface area contributed by atoms with Gasteiger partial charge in [0.15, 0.2) is 5.69 Å². The fourth-order valence-electron chi connectivity index (χ4n) is 2.75. The molecule has 0 aliphatic carbocycles. The van der Waals surface area contributed by atoms with Crippen molar-refractivity contribution in [3.05, 3.63) is 17.5 Å². The number of piperidine rings is 1. The lowest BCUT2D eigenvalue weighted by Gasteiger charge is -2.31. The molecule has 0 saturated carbocycles. The first kappa shape index (κ1) is 20.7. The Morgan fingerprint density at radius 2 is 1.96 bits per heavy atom. The number of nitrogens with one attached hydrogen (secondary N) is 2. The highest BCUT2D eigenvalue weighted by Gasteiger charge is 2.26. The second kappa shape index (κ2) is 8.88. The van der Waals surface area contributed by atoms with Gasteiger partial charge in [-0.1, -0.05) is 5.16 Å². The molecule has 2 rings (SSSR count). The van der Waals surface area contributed by atoms with Gasteiger partial charge in [-0.05, 0) is 40.5 Å². The van der Waals surface area contributed by atoms with Gasteiger partial charge in [0.2, 0.25) is 5.91 Å². The molecule has 1 aromatic rings. The first-order chi connectivity index (χ1) is 12.6. The summed E-state index contributed by atoms with van der Waals surface area (Å²) in [6.45, 7) is 8.38. The number of aromatic nitrogens is 1. The maximum Gasteiger partial charge on any atom is 0.407 e. The molecule has 0 bridgehead atoms. The van der Waals surface area contributed by atoms with E-state index in [2.05, 4.69) is 15.8 Å². The summed E-state index contributed by atoms with van der Waals surface area (Å²) in [6, 6.07) is 1.63. The molecule has 9 heteroatoms. The van der Waals surface area contributed by atoms with Gasteiger partial charge in [0.1, 0.15) is 11.4 Å². The number of ether oxygens (including phenoxy) is 1. The number of carbonyl (C=O) groups excluding carboxylic acids is 3. The predicted molar refractivity (Wildman–Crippen MR) is 97.2 cm³/mol. The number of hydrogen-bond acceptors (Lipinski definition) is 6. The Hall–Kier alpha value is -2.58. The van der Waals surface area contributed by atoms with Gasteiger partial charge in [0.25, 0.3) is 5.91 Å². The topological polar surface area (TPSA) is 114 Å². The molecule has 2 heterocycles. The van der Waals surface area contributed by atoms with Crippen LogP contribution in [0.25, 0.3) is 0 Å². The molecule has 150 valence electrons. The maximum absolute atomic E-state index is 12.3. The summed E-state index contributed by atoms with van der Waals surface area (Å²) in [5.74, 6) is 0.307. The van der Waals surface area contributed by atoms with Crippen LogP contribution in [0.1, 0.15) is 56.3 Å². The Morgan fingerprint density at radius 1 is 1.30 bits per heavy atom. The number of carbonyl (C=O) groups is 3. The highest BCUT2D eigenvalue weighted by Crippen LogP contribution is 2.14. The minimum absolute atomic E-state index is 0.0159. The SMILES string of the molecule is Cc1cc(C(=O)N2CCC(NC(=O)CCNC(=O)OC(C)(C)C)CC2)no1. The molecule has 27 heavy (non-hydrogen) atoms. The van der Waals surface area contributed by atoms with E-state index in [1.807, 2.05) is 0 Å². The maximum atomic E-state index is 12.3. The van der Waals surface area contributed by atoms with E-state index in [0.29, 0.717) is 37.4 Å². The van der Waals surface area contributed by atoms with Crippen molar-refractivity contribution in [2.45, 2.75) is 58.6 Å². The Morgan fingerprint density at radius 3 is 2.52 bits per heavy atom. The van der Waals surface area contributed by atoms with Gasteiger partial charge in [0.05, 0.1) is 0 Å². The van der Waals surface area contributed by atoms with Crippen molar-refractivity contribution in [2.75, 3.05) is 19.6 Å². The van der Waals surface area contributed by atoms with Crippen molar-refractivity contribution in [1.29, 1.82) is 0 Å². The second-order valence-corrected chi connectivity index (χ2v) is 7.64. The van der Waals surface area contributed by atoms with Crippen LogP contribution in [-0.4, -0.2) is 59.2 Å². The summed E-state index contributed by atoms with van der Waals surface area (Å²) in [5, 5.41) is 9.25. The van der Waals surface area contributed by atoms with E-state index in [9.17, 15) is 14.4 Å². The molecule has 1 aliphatic rings. The molecule has 0 unspecified atom stereocenters. The summed E-state index contributed by atoms with van der Waals surface area (Å²) in [4.78, 5) is 37.6. The van der Waals surface area contributed by atoms with Crippen LogP contribution in [0.3, 0.4) is 0 Å². The average molecular weight is 380 g/mol. The van der Waals surface area contributed by atoms with Crippen LogP contribution in [0.5, 0.6) is 0 Å². The molecule has 0 spiro atoms. The summed E-state index contributed by atoms with van der Waals surface area (Å²) in [6.07, 6.45) is 0.989. The lowest BCUT2D eigenvalue weighted by Crippen LogP contribution is -2.47. The van der Waals surface area contributed by atoms with Crippen molar-refractivity contribution >= 4 is 17.9 Å². The minimum atomic E-state index is -0.567. The number of likely N-dealkylation sites (tertiary alicyclic amines) is 1. The largest absolute Gasteiger partial charge is 0.444 e. The molecule has 0 atom stereocenters. The average Bonchev–Trinajstić information content (AvgIpc) is 2.99. The van der Waals surface area contributed by atoms with Crippen LogP contribution >= 0.6 is 0 Å². The lowest BCUT2D eigenvalue weighted by atomic mass is 10.0. The summed E-state index contributed by atoms with van der Waals surface area (Å²) < 4.78 is 10.0. The molecular weight excluding hydrogens is 352 g/mol. The highest BCUT2D eigenvalue weighted by molar-refractivity contribution is 5.92. The van der Waals surface area contributed by atoms with Crippen molar-refractivity contribution in [3.63, 3.8) is 0 Å². The Bertz CT molecular complexity index is 672. The number of aryl methyl sites for hydroxylation is 1. The van der Waals surface area contributed by atoms with Crippen molar-refractivity contribution in [1.82, 2.24) is 20.7 Å². The number of rotatable bonds is 5. The molecule has 9 nitrogen and oxygen atoms in total. The first-order valence-corrected chi connectivity index (χ1v) is 9.13. The number of amides is 3. The van der Waals surface area contributed by atoms with Crippen molar-refractivity contribution in [2.24, 2.45) is 0 Å². The highest BCUT2D eigenvalue weighted by atomic mass is 16.6. The molecule has 1 aliphatic heterocycles. The summed E-state index contributed by atoms with van der Waals surface area (Å²) in [7, 11) is 0. The van der Waals surface area contributed by atoms with Gasteiger partial charge in [-0.25, -0.2) is 4.79 Å². The molecule has 2 N–H and O–H groups in total. The summed E-state index contributed by atoms with van der Waals surface area (Å²) >= 11 is 0. The van der Waals surface area contributed by atoms with Crippen molar-refractivity contribution in [3.8, 4) is 0 Å². The van der Waals surface area contributed by atoms with Gasteiger partial charge in [-0.3, -0.25) is 9.59 Å². The zero-order valence-electron chi connectivity index (χ0n) is 16.3. The molecular formula is C18H28N4O5. The fraction of sp³-hybridized carbons (Fsp3) is 0.667. The normalized spacial score (nSPS) is 15.3. The summed E-state index contributed by atoms with van der Waals surface area (Å²) in [5.41, 5.74) is -0.259. The Labute approximate surface area is 158 Å². The fourth-order valence-corrected chi connectivity index (χ4v) is 2.75. The third kappa shape index (κ3) is 6.92. The molecule has 1 saturated heterocycles. The zero-order valence-corrected chi connectivity index (χ0v) is 16.3. The second-order valence-electron chi connectivity index (χ2n) is 7.64. The Kier molecular flexibility index (Phi) is 6.81. The van der Waals surface area contributed by atoms with Crippen LogP contribution in [0.15, 0.2) is 10.6 Å². The van der Waals surface area contributed by atoms with E-state index in [1.54, 1.807) is 38.7 Å². The van der Waals surface area contributed by atoms with E-state index >= 15 is 0 Å². The molecule has 0 radical (unpaired) electrons. The van der Waals surface area contributed by atoms with Crippen molar-refractivity contribution < 1.29 is 23.6 Å². The smallest absolute Gasteiger partial charge is 0.407 e. The van der Waals surface area contributed by atoms with E-state index in [0.717, 1.165) is 0 Å². The number of alkyl carbamates (subject to hydrolysis) is 1. The van der Waals surface area contributed by atoms with Crippen LogP contribution < -0.4 is 10.6 Å². The van der Waals surface area contributed by atoms with Crippen LogP contribution in [0.2, 0.25) is 0 Å². The minimum Gasteiger partial charge on any atom is -0.444 e. The van der Waals surface area contributed by atoms with Crippen LogP contribution in [0.4, 0.5) is 4.79 Å². The first-order valence-electron chi connectivity index (χ1n) is 9.13. The standard InChI is InChI=1S/C18H28N4O5/c1-12-11-14(21-27-12)16(24)22-9-6-13(7-10-22)20-15(23)5-8-19-17(25)26-18(2,3)4/h11,13H,5-10H2,1-4H3,(H,19,25)(H,20,23). The third-order valence-corrected chi connectivity index (χ3v) is 4.01. The molecule has 0 aromatic carbocycles. The van der Waals surface area contributed by atoms with E-state index in [4.69, 9.17) is 9.26 Å². The van der Waals surface area contributed by atoms with Gasteiger partial charge >= 0.3 is 6.09 Å². The monoisotopic (exact) mass is 380 g/mol. The van der Waals surface area contributed by atoms with Crippen LogP contribution in [0, 0.1) is 6.92 Å². The number of hydrogen-bond donors (Lipinski definition) is 2. The number of nitrogens with zero attached hydrogens (tertiary/aromatic N) is 2. The van der Waals surface area contributed by atoms with E-state index in [-0.39, 0.29) is 30.8 Å². The van der Waals surface area contributed by atoms with Gasteiger partial charge < -0.3 is 24.8 Å². The van der Waals surface area contributed by atoms with Gasteiger partial charge in [0, 0.05) is 38.2 Å². The molecule has 3 amide bonds. The van der Waals surface area contributed by atoms with E-state index < -0.39 is 11.7 Å². The van der Waals surface area contributed by atoms with Gasteiger partial charge in [-0.2, -0.15) is 0 Å². The Balaban J connectivity index is 1.65. The third-order valence-electron chi connectivity index (χ3n) is 4.01. The van der Waals surface area contributed by atoms with E-state index in [1.165, 1.54) is 0 Å².